The van der Waals surface area contributed by atoms with E-state index in [0.29, 0.717) is 29.4 Å². The Morgan fingerprint density at radius 1 is 1.09 bits per heavy atom. The van der Waals surface area contributed by atoms with Gasteiger partial charge in [-0.1, -0.05) is 60.1 Å². The van der Waals surface area contributed by atoms with Crippen LogP contribution in [0.5, 0.6) is 5.75 Å². The quantitative estimate of drug-likeness (QED) is 0.334. The molecule has 0 saturated carbocycles. The minimum Gasteiger partial charge on any atom is -0.497 e. The van der Waals surface area contributed by atoms with Crippen molar-refractivity contribution in [1.29, 1.82) is 5.26 Å². The molecule has 4 rings (SSSR count). The standard InChI is InChI=1S/C26H23BrN6O2/c1-15(2)19-12-22(34)32-33-24(19)25-23(18-6-4-5-7-20(18)27)30-21(13-28)26(31-25)29-14-16-8-10-17(35-3)11-9-16/h4-12,15H,14H2,1-3H3,(H,29,31)(H,32,34). The van der Waals surface area contributed by atoms with Crippen molar-refractivity contribution in [2.75, 3.05) is 12.4 Å². The topological polar surface area (TPSA) is 117 Å². The van der Waals surface area contributed by atoms with Crippen molar-refractivity contribution in [2.24, 2.45) is 0 Å². The number of nitrogens with zero attached hydrogens (tertiary/aromatic N) is 4. The Kier molecular flexibility index (Phi) is 7.22. The van der Waals surface area contributed by atoms with Crippen LogP contribution in [-0.2, 0) is 6.54 Å². The summed E-state index contributed by atoms with van der Waals surface area (Å²) in [6, 6.07) is 18.9. The maximum Gasteiger partial charge on any atom is 0.264 e. The highest BCUT2D eigenvalue weighted by Crippen LogP contribution is 2.36. The highest BCUT2D eigenvalue weighted by molar-refractivity contribution is 9.10. The molecule has 0 aliphatic rings. The summed E-state index contributed by atoms with van der Waals surface area (Å²) in [5, 5.41) is 20.0. The van der Waals surface area contributed by atoms with Crippen LogP contribution < -0.4 is 15.6 Å². The Hall–Kier alpha value is -4.03. The van der Waals surface area contributed by atoms with Crippen LogP contribution in [0.1, 0.15) is 36.6 Å². The van der Waals surface area contributed by atoms with Crippen molar-refractivity contribution in [3.63, 3.8) is 0 Å². The Labute approximate surface area is 211 Å². The number of benzene rings is 2. The second-order valence-electron chi connectivity index (χ2n) is 8.10. The monoisotopic (exact) mass is 530 g/mol. The molecule has 2 heterocycles. The van der Waals surface area contributed by atoms with Gasteiger partial charge in [0.1, 0.15) is 28.9 Å². The molecular weight excluding hydrogens is 508 g/mol. The van der Waals surface area contributed by atoms with Crippen molar-refractivity contribution >= 4 is 21.7 Å². The molecule has 2 N–H and O–H groups in total. The first-order chi connectivity index (χ1) is 16.9. The van der Waals surface area contributed by atoms with Gasteiger partial charge in [0.15, 0.2) is 11.5 Å². The Morgan fingerprint density at radius 2 is 1.83 bits per heavy atom. The minimum atomic E-state index is -0.292. The second-order valence-corrected chi connectivity index (χ2v) is 8.96. The molecule has 0 bridgehead atoms. The van der Waals surface area contributed by atoms with Crippen LogP contribution in [0, 0.1) is 11.3 Å². The second kappa shape index (κ2) is 10.5. The summed E-state index contributed by atoms with van der Waals surface area (Å²) >= 11 is 3.58. The molecule has 0 amide bonds. The lowest BCUT2D eigenvalue weighted by Crippen LogP contribution is -2.14. The number of aromatic amines is 1. The summed E-state index contributed by atoms with van der Waals surface area (Å²) in [5.74, 6) is 1.11. The molecule has 0 saturated heterocycles. The van der Waals surface area contributed by atoms with Crippen molar-refractivity contribution in [3.8, 4) is 34.5 Å². The third-order valence-electron chi connectivity index (χ3n) is 5.43. The van der Waals surface area contributed by atoms with Crippen LogP contribution >= 0.6 is 15.9 Å². The van der Waals surface area contributed by atoms with E-state index >= 15 is 0 Å². The van der Waals surface area contributed by atoms with E-state index in [9.17, 15) is 10.1 Å². The predicted molar refractivity (Wildman–Crippen MR) is 138 cm³/mol. The van der Waals surface area contributed by atoms with Gasteiger partial charge in [-0.25, -0.2) is 15.1 Å². The summed E-state index contributed by atoms with van der Waals surface area (Å²) < 4.78 is 6.01. The van der Waals surface area contributed by atoms with Crippen LogP contribution in [-0.4, -0.2) is 27.3 Å². The predicted octanol–water partition coefficient (Wildman–Crippen LogP) is 5.27. The van der Waals surface area contributed by atoms with Gasteiger partial charge in [-0.15, -0.1) is 0 Å². The van der Waals surface area contributed by atoms with Crippen molar-refractivity contribution in [1.82, 2.24) is 20.2 Å². The number of nitriles is 1. The molecule has 0 aliphatic carbocycles. The summed E-state index contributed by atoms with van der Waals surface area (Å²) in [6.07, 6.45) is 0. The molecule has 4 aromatic rings. The molecule has 8 nitrogen and oxygen atoms in total. The van der Waals surface area contributed by atoms with Crippen molar-refractivity contribution < 1.29 is 4.74 Å². The Morgan fingerprint density at radius 3 is 2.49 bits per heavy atom. The van der Waals surface area contributed by atoms with Gasteiger partial charge >= 0.3 is 0 Å². The zero-order chi connectivity index (χ0) is 24.9. The fourth-order valence-corrected chi connectivity index (χ4v) is 4.09. The molecule has 0 spiro atoms. The summed E-state index contributed by atoms with van der Waals surface area (Å²) in [4.78, 5) is 21.6. The van der Waals surface area contributed by atoms with Gasteiger partial charge in [0.05, 0.1) is 7.11 Å². The van der Waals surface area contributed by atoms with E-state index in [0.717, 1.165) is 26.9 Å². The van der Waals surface area contributed by atoms with Gasteiger partial charge in [0.25, 0.3) is 5.56 Å². The van der Waals surface area contributed by atoms with Crippen LogP contribution in [0.4, 0.5) is 5.82 Å². The molecule has 0 unspecified atom stereocenters. The molecule has 2 aromatic heterocycles. The summed E-state index contributed by atoms with van der Waals surface area (Å²) in [6.45, 7) is 4.40. The first-order valence-electron chi connectivity index (χ1n) is 10.9. The number of rotatable bonds is 7. The van der Waals surface area contributed by atoms with Gasteiger partial charge in [0, 0.05) is 22.6 Å². The first kappa shape index (κ1) is 24.1. The first-order valence-corrected chi connectivity index (χ1v) is 11.7. The van der Waals surface area contributed by atoms with Gasteiger partial charge in [-0.2, -0.15) is 10.4 Å². The number of halogens is 1. The van der Waals surface area contributed by atoms with Crippen molar-refractivity contribution in [2.45, 2.75) is 26.3 Å². The number of H-pyrrole nitrogens is 1. The van der Waals surface area contributed by atoms with Crippen LogP contribution in [0.25, 0.3) is 22.6 Å². The lowest BCUT2D eigenvalue weighted by atomic mass is 9.98. The average molecular weight is 531 g/mol. The van der Waals surface area contributed by atoms with Gasteiger partial charge in [0.2, 0.25) is 0 Å². The van der Waals surface area contributed by atoms with E-state index in [2.05, 4.69) is 37.5 Å². The van der Waals surface area contributed by atoms with Crippen LogP contribution in [0.3, 0.4) is 0 Å². The molecule has 0 atom stereocenters. The maximum absolute atomic E-state index is 12.0. The SMILES string of the molecule is COc1ccc(CNc2nc(-c3n[nH]c(=O)cc3C(C)C)c(-c3ccccc3Br)nc2C#N)cc1. The maximum atomic E-state index is 12.0. The number of hydrogen-bond acceptors (Lipinski definition) is 7. The molecule has 0 radical (unpaired) electrons. The summed E-state index contributed by atoms with van der Waals surface area (Å²) in [5.41, 5.74) is 3.81. The van der Waals surface area contributed by atoms with E-state index < -0.39 is 0 Å². The molecule has 176 valence electrons. The van der Waals surface area contributed by atoms with E-state index in [-0.39, 0.29) is 17.2 Å². The van der Waals surface area contributed by atoms with E-state index in [1.54, 1.807) is 7.11 Å². The molecule has 9 heteroatoms. The molecular formula is C26H23BrN6O2. The van der Waals surface area contributed by atoms with E-state index in [1.165, 1.54) is 6.07 Å². The highest BCUT2D eigenvalue weighted by Gasteiger charge is 2.22. The lowest BCUT2D eigenvalue weighted by molar-refractivity contribution is 0.414. The van der Waals surface area contributed by atoms with Gasteiger partial charge < -0.3 is 10.1 Å². The van der Waals surface area contributed by atoms with E-state index in [4.69, 9.17) is 14.7 Å². The third-order valence-corrected chi connectivity index (χ3v) is 6.13. The fraction of sp³-hybridized carbons (Fsp3) is 0.192. The zero-order valence-electron chi connectivity index (χ0n) is 19.5. The van der Waals surface area contributed by atoms with Gasteiger partial charge in [-0.3, -0.25) is 4.79 Å². The molecule has 0 aliphatic heterocycles. The largest absolute Gasteiger partial charge is 0.497 e. The number of aromatic nitrogens is 4. The van der Waals surface area contributed by atoms with Gasteiger partial charge in [-0.05, 0) is 35.2 Å². The lowest BCUT2D eigenvalue weighted by Gasteiger charge is -2.16. The number of nitrogens with one attached hydrogen (secondary N) is 2. The van der Waals surface area contributed by atoms with Crippen LogP contribution in [0.2, 0.25) is 0 Å². The highest BCUT2D eigenvalue weighted by atomic mass is 79.9. The van der Waals surface area contributed by atoms with E-state index in [1.807, 2.05) is 62.4 Å². The Bertz CT molecular complexity index is 1460. The number of anilines is 1. The molecule has 0 fully saturated rings. The third kappa shape index (κ3) is 5.23. The number of ether oxygens (including phenoxy) is 1. The molecule has 35 heavy (non-hydrogen) atoms. The number of hydrogen-bond donors (Lipinski definition) is 2. The smallest absolute Gasteiger partial charge is 0.264 e. The van der Waals surface area contributed by atoms with Crippen LogP contribution in [0.15, 0.2) is 63.9 Å². The Balaban J connectivity index is 1.88. The normalized spacial score (nSPS) is 10.7. The molecule has 2 aromatic carbocycles. The zero-order valence-corrected chi connectivity index (χ0v) is 21.0. The fourth-order valence-electron chi connectivity index (χ4n) is 3.62. The number of methoxy groups -OCH3 is 1. The van der Waals surface area contributed by atoms with Crippen molar-refractivity contribution in [3.05, 3.63) is 86.2 Å². The minimum absolute atomic E-state index is 0.0139. The average Bonchev–Trinajstić information content (AvgIpc) is 2.87. The summed E-state index contributed by atoms with van der Waals surface area (Å²) in [7, 11) is 1.62.